The third kappa shape index (κ3) is 3.14. The summed E-state index contributed by atoms with van der Waals surface area (Å²) < 4.78 is 31.6. The van der Waals surface area contributed by atoms with Gasteiger partial charge in [-0.1, -0.05) is 11.6 Å². The van der Waals surface area contributed by atoms with Gasteiger partial charge in [-0.2, -0.15) is 0 Å². The second kappa shape index (κ2) is 7.36. The highest BCUT2D eigenvalue weighted by Gasteiger charge is 2.52. The summed E-state index contributed by atoms with van der Waals surface area (Å²) in [7, 11) is -4.07. The third-order valence-corrected chi connectivity index (χ3v) is 9.70. The van der Waals surface area contributed by atoms with Crippen LogP contribution in [0.3, 0.4) is 0 Å². The summed E-state index contributed by atoms with van der Waals surface area (Å²) in [6, 6.07) is 8.26. The van der Waals surface area contributed by atoms with Crippen LogP contribution in [-0.4, -0.2) is 42.5 Å². The van der Waals surface area contributed by atoms with Crippen LogP contribution in [0.25, 0.3) is 20.1 Å². The normalized spacial score (nSPS) is 16.9. The van der Waals surface area contributed by atoms with E-state index in [0.717, 1.165) is 9.88 Å². The Kier molecular flexibility index (Phi) is 5.19. The lowest BCUT2D eigenvalue weighted by Gasteiger charge is -2.34. The molecule has 1 fully saturated rings. The van der Waals surface area contributed by atoms with Crippen molar-refractivity contribution in [3.63, 3.8) is 0 Å². The lowest BCUT2D eigenvalue weighted by Crippen LogP contribution is -2.54. The maximum Gasteiger partial charge on any atom is 0.265 e. The van der Waals surface area contributed by atoms with E-state index >= 15 is 0 Å². The van der Waals surface area contributed by atoms with E-state index < -0.39 is 20.5 Å². The first kappa shape index (κ1) is 19.7. The monoisotopic (exact) mass is 458 g/mol. The van der Waals surface area contributed by atoms with Gasteiger partial charge in [0, 0.05) is 13.2 Å². The molecule has 0 saturated carbocycles. The Labute approximate surface area is 173 Å². The molecular weight excluding hydrogens is 444 g/mol. The number of carbonyl (C=O) groups excluding carboxylic acids is 1. The van der Waals surface area contributed by atoms with Gasteiger partial charge in [-0.25, -0.2) is 18.9 Å². The molecule has 1 aliphatic rings. The largest absolute Gasteiger partial charge is 0.381 e. The number of benzene rings is 1. The first-order valence-corrected chi connectivity index (χ1v) is 11.8. The van der Waals surface area contributed by atoms with E-state index in [-0.39, 0.29) is 31.0 Å². The number of hydroxylamine groups is 1. The highest BCUT2D eigenvalue weighted by atomic mass is 35.5. The van der Waals surface area contributed by atoms with Crippen molar-refractivity contribution < 1.29 is 23.2 Å². The van der Waals surface area contributed by atoms with E-state index in [0.29, 0.717) is 14.6 Å². The maximum atomic E-state index is 13.4. The van der Waals surface area contributed by atoms with Crippen LogP contribution in [-0.2, 0) is 19.4 Å². The summed E-state index contributed by atoms with van der Waals surface area (Å²) in [5.74, 6) is -0.936. The molecule has 0 radical (unpaired) electrons. The standard InChI is InChI=1S/C17H15ClN2O5S3/c18-14-4-3-12(26-14)15-19-11-2-1-10(9-13(11)27-15)28(23,24)17(16(21)20-22)5-7-25-8-6-17/h1-4,9,22H,5-8H2,(H,20,21). The molecule has 0 spiro atoms. The molecule has 0 bridgehead atoms. The molecule has 0 unspecified atom stereocenters. The van der Waals surface area contributed by atoms with Crippen LogP contribution in [0.15, 0.2) is 35.2 Å². The molecule has 7 nitrogen and oxygen atoms in total. The molecule has 1 aromatic carbocycles. The Bertz CT molecular complexity index is 1150. The maximum absolute atomic E-state index is 13.4. The number of nitrogens with zero attached hydrogens (tertiary/aromatic N) is 1. The van der Waals surface area contributed by atoms with Crippen molar-refractivity contribution in [2.75, 3.05) is 13.2 Å². The number of ether oxygens (including phenoxy) is 1. The molecule has 3 aromatic rings. The van der Waals surface area contributed by atoms with E-state index in [1.165, 1.54) is 40.3 Å². The van der Waals surface area contributed by atoms with E-state index in [2.05, 4.69) is 4.98 Å². The van der Waals surface area contributed by atoms with Gasteiger partial charge < -0.3 is 4.74 Å². The fraction of sp³-hybridized carbons (Fsp3) is 0.294. The lowest BCUT2D eigenvalue weighted by atomic mass is 9.98. The van der Waals surface area contributed by atoms with Gasteiger partial charge in [0.1, 0.15) is 5.01 Å². The molecule has 0 atom stereocenters. The number of hydrogen-bond acceptors (Lipinski definition) is 8. The quantitative estimate of drug-likeness (QED) is 0.457. The van der Waals surface area contributed by atoms with Crippen molar-refractivity contribution >= 4 is 60.2 Å². The van der Waals surface area contributed by atoms with E-state index in [4.69, 9.17) is 21.5 Å². The fourth-order valence-corrected chi connectivity index (χ4v) is 7.40. The SMILES string of the molecule is O=C(NO)C1(S(=O)(=O)c2ccc3nc(-c4ccc(Cl)s4)sc3c2)CCOCC1. The third-order valence-electron chi connectivity index (χ3n) is 4.78. The number of amides is 1. The van der Waals surface area contributed by atoms with Crippen LogP contribution in [0.4, 0.5) is 0 Å². The van der Waals surface area contributed by atoms with Crippen LogP contribution < -0.4 is 5.48 Å². The molecule has 148 valence electrons. The molecule has 0 aliphatic carbocycles. The van der Waals surface area contributed by atoms with Crippen LogP contribution in [0.1, 0.15) is 12.8 Å². The smallest absolute Gasteiger partial charge is 0.265 e. The summed E-state index contributed by atoms with van der Waals surface area (Å²) in [6.45, 7) is 0.247. The minimum atomic E-state index is -4.07. The summed E-state index contributed by atoms with van der Waals surface area (Å²) >= 11 is 8.74. The van der Waals surface area contributed by atoms with Crippen molar-refractivity contribution in [3.05, 3.63) is 34.7 Å². The summed E-state index contributed by atoms with van der Waals surface area (Å²) in [4.78, 5) is 17.8. The van der Waals surface area contributed by atoms with Gasteiger partial charge in [-0.05, 0) is 43.2 Å². The lowest BCUT2D eigenvalue weighted by molar-refractivity contribution is -0.134. The van der Waals surface area contributed by atoms with Gasteiger partial charge in [0.25, 0.3) is 5.91 Å². The molecule has 1 aliphatic heterocycles. The zero-order chi connectivity index (χ0) is 19.9. The molecule has 4 rings (SSSR count). The molecule has 11 heteroatoms. The van der Waals surface area contributed by atoms with Crippen LogP contribution in [0.5, 0.6) is 0 Å². The Hall–Kier alpha value is -1.56. The summed E-state index contributed by atoms with van der Waals surface area (Å²) in [5, 5.41) is 9.89. The van der Waals surface area contributed by atoms with Crippen molar-refractivity contribution in [2.24, 2.45) is 0 Å². The van der Waals surface area contributed by atoms with Gasteiger partial charge in [0.05, 0.1) is 24.3 Å². The van der Waals surface area contributed by atoms with Gasteiger partial charge >= 0.3 is 0 Å². The number of hydrogen-bond donors (Lipinski definition) is 2. The van der Waals surface area contributed by atoms with Crippen LogP contribution >= 0.6 is 34.3 Å². The zero-order valence-electron chi connectivity index (χ0n) is 14.3. The zero-order valence-corrected chi connectivity index (χ0v) is 17.6. The van der Waals surface area contributed by atoms with Gasteiger partial charge in [-0.15, -0.1) is 22.7 Å². The highest BCUT2D eigenvalue weighted by Crippen LogP contribution is 2.39. The summed E-state index contributed by atoms with van der Waals surface area (Å²) in [5.41, 5.74) is 2.19. The Morgan fingerprint density at radius 3 is 2.61 bits per heavy atom. The average molecular weight is 459 g/mol. The number of carbonyl (C=O) groups is 1. The predicted octanol–water partition coefficient (Wildman–Crippen LogP) is 3.51. The topological polar surface area (TPSA) is 106 Å². The number of nitrogens with one attached hydrogen (secondary N) is 1. The van der Waals surface area contributed by atoms with Gasteiger partial charge in [0.15, 0.2) is 14.6 Å². The average Bonchev–Trinajstić information content (AvgIpc) is 3.33. The van der Waals surface area contributed by atoms with E-state index in [1.807, 2.05) is 6.07 Å². The summed E-state index contributed by atoms with van der Waals surface area (Å²) in [6.07, 6.45) is -0.0528. The predicted molar refractivity (Wildman–Crippen MR) is 108 cm³/mol. The fourth-order valence-electron chi connectivity index (χ4n) is 3.25. The molecule has 2 aromatic heterocycles. The Morgan fingerprint density at radius 1 is 1.21 bits per heavy atom. The molecule has 1 amide bonds. The van der Waals surface area contributed by atoms with Crippen LogP contribution in [0.2, 0.25) is 4.34 Å². The van der Waals surface area contributed by atoms with Crippen molar-refractivity contribution in [1.82, 2.24) is 10.5 Å². The van der Waals surface area contributed by atoms with E-state index in [1.54, 1.807) is 12.1 Å². The molecule has 1 saturated heterocycles. The van der Waals surface area contributed by atoms with Crippen LogP contribution in [0, 0.1) is 0 Å². The number of halogens is 1. The molecule has 28 heavy (non-hydrogen) atoms. The number of aromatic nitrogens is 1. The number of sulfone groups is 1. The molecular formula is C17H15ClN2O5S3. The number of rotatable bonds is 4. The molecule has 3 heterocycles. The Morgan fingerprint density at radius 2 is 1.96 bits per heavy atom. The van der Waals surface area contributed by atoms with Gasteiger partial charge in [-0.3, -0.25) is 10.0 Å². The highest BCUT2D eigenvalue weighted by molar-refractivity contribution is 7.93. The first-order chi connectivity index (χ1) is 13.4. The minimum absolute atomic E-state index is 0.0184. The Balaban J connectivity index is 1.79. The van der Waals surface area contributed by atoms with Crippen molar-refractivity contribution in [3.8, 4) is 9.88 Å². The van der Waals surface area contributed by atoms with E-state index in [9.17, 15) is 13.2 Å². The number of fused-ring (bicyclic) bond motifs is 1. The van der Waals surface area contributed by atoms with Gasteiger partial charge in [0.2, 0.25) is 0 Å². The van der Waals surface area contributed by atoms with Crippen molar-refractivity contribution in [2.45, 2.75) is 22.5 Å². The molecule has 2 N–H and O–H groups in total. The first-order valence-electron chi connectivity index (χ1n) is 8.31. The second-order valence-corrected chi connectivity index (χ2v) is 11.3. The minimum Gasteiger partial charge on any atom is -0.381 e. The number of thiazole rings is 1. The van der Waals surface area contributed by atoms with Crippen molar-refractivity contribution in [1.29, 1.82) is 0 Å². The number of thiophene rings is 1. The second-order valence-electron chi connectivity index (χ2n) is 6.30.